The van der Waals surface area contributed by atoms with Crippen LogP contribution in [0.15, 0.2) is 168 Å². The van der Waals surface area contributed by atoms with Crippen molar-refractivity contribution in [3.63, 3.8) is 0 Å². The Labute approximate surface area is 300 Å². The van der Waals surface area contributed by atoms with E-state index in [1.807, 2.05) is 0 Å². The number of anilines is 3. The van der Waals surface area contributed by atoms with Crippen molar-refractivity contribution in [2.45, 2.75) is 36.0 Å². The zero-order chi connectivity index (χ0) is 34.4. The third kappa shape index (κ3) is 4.44. The Kier molecular flexibility index (Phi) is 6.56. The van der Waals surface area contributed by atoms with Crippen LogP contribution >= 0.6 is 0 Å². The van der Waals surface area contributed by atoms with Gasteiger partial charge in [-0.05, 0) is 95.2 Å². The molecule has 0 bridgehead atoms. The molecule has 0 saturated heterocycles. The number of fused-ring (bicyclic) bond motifs is 14. The van der Waals surface area contributed by atoms with Gasteiger partial charge in [-0.1, -0.05) is 148 Å². The lowest BCUT2D eigenvalue weighted by Gasteiger charge is -2.29. The Morgan fingerprint density at radius 1 is 0.431 bits per heavy atom. The van der Waals surface area contributed by atoms with Crippen LogP contribution in [0.5, 0.6) is 0 Å². The van der Waals surface area contributed by atoms with Crippen LogP contribution in [0.1, 0.15) is 26.3 Å². The number of nitrogens with zero attached hydrogens (tertiary/aromatic N) is 1. The monoisotopic (exact) mass is 673 g/mol. The maximum absolute atomic E-state index is 15.1. The summed E-state index contributed by atoms with van der Waals surface area (Å²) in [5.74, 6) is 0. The number of rotatable bonds is 3. The molecule has 9 aromatic rings. The second-order valence-electron chi connectivity index (χ2n) is 14.7. The van der Waals surface area contributed by atoms with Crippen LogP contribution in [-0.2, 0) is 16.2 Å². The topological polar surface area (TPSA) is 20.3 Å². The Morgan fingerprint density at radius 2 is 0.902 bits per heavy atom. The fraction of sp³-hybridized carbons (Fsp3) is 0.0833. The molecule has 0 radical (unpaired) electrons. The molecule has 9 aromatic carbocycles. The summed E-state index contributed by atoms with van der Waals surface area (Å²) in [5, 5.41) is 11.9. The SMILES string of the molecule is CC(C)(C)c1ccc(N(c2ccc3c4ccccc4c4ccccc4c3c2)c2cccc3c2S(=O)c2c-3c3ccccc3c3ccccc23)cc1. The minimum atomic E-state index is -1.41. The van der Waals surface area contributed by atoms with Crippen LogP contribution in [0.2, 0.25) is 0 Å². The molecule has 0 amide bonds. The van der Waals surface area contributed by atoms with E-state index in [4.69, 9.17) is 0 Å². The van der Waals surface area contributed by atoms with Crippen molar-refractivity contribution >= 4 is 81.7 Å². The van der Waals surface area contributed by atoms with E-state index in [0.29, 0.717) is 0 Å². The molecule has 1 aliphatic heterocycles. The highest BCUT2D eigenvalue weighted by Crippen LogP contribution is 2.53. The van der Waals surface area contributed by atoms with E-state index in [-0.39, 0.29) is 5.41 Å². The highest BCUT2D eigenvalue weighted by molar-refractivity contribution is 7.86. The smallest absolute Gasteiger partial charge is 0.0890 e. The molecular weight excluding hydrogens is 639 g/mol. The van der Waals surface area contributed by atoms with Crippen molar-refractivity contribution in [2.24, 2.45) is 0 Å². The van der Waals surface area contributed by atoms with Gasteiger partial charge in [0, 0.05) is 22.5 Å². The lowest BCUT2D eigenvalue weighted by Crippen LogP contribution is -2.14. The highest BCUT2D eigenvalue weighted by atomic mass is 32.2. The van der Waals surface area contributed by atoms with Crippen molar-refractivity contribution < 1.29 is 4.21 Å². The van der Waals surface area contributed by atoms with Gasteiger partial charge in [0.15, 0.2) is 0 Å². The quantitative estimate of drug-likeness (QED) is 0.174. The van der Waals surface area contributed by atoms with Gasteiger partial charge in [-0.3, -0.25) is 0 Å². The van der Waals surface area contributed by atoms with Crippen molar-refractivity contribution in [1.29, 1.82) is 0 Å². The molecule has 0 aromatic heterocycles. The predicted molar refractivity (Wildman–Crippen MR) is 217 cm³/mol. The summed E-state index contributed by atoms with van der Waals surface area (Å²) < 4.78 is 15.1. The molecule has 0 aliphatic carbocycles. The average molecular weight is 674 g/mol. The molecule has 10 rings (SSSR count). The molecular formula is C48H35NOS. The molecule has 244 valence electrons. The minimum absolute atomic E-state index is 0.0194. The predicted octanol–water partition coefficient (Wildman–Crippen LogP) is 13.4. The van der Waals surface area contributed by atoms with E-state index < -0.39 is 10.8 Å². The van der Waals surface area contributed by atoms with Crippen LogP contribution in [-0.4, -0.2) is 4.21 Å². The summed E-state index contributed by atoms with van der Waals surface area (Å²) in [4.78, 5) is 4.09. The van der Waals surface area contributed by atoms with E-state index >= 15 is 4.21 Å². The zero-order valence-electron chi connectivity index (χ0n) is 28.8. The van der Waals surface area contributed by atoms with Crippen molar-refractivity contribution in [3.8, 4) is 11.1 Å². The average Bonchev–Trinajstić information content (AvgIpc) is 3.48. The lowest BCUT2D eigenvalue weighted by molar-refractivity contribution is 0.590. The van der Waals surface area contributed by atoms with Crippen LogP contribution < -0.4 is 4.90 Å². The molecule has 1 aliphatic rings. The Bertz CT molecular complexity index is 2880. The van der Waals surface area contributed by atoms with Gasteiger partial charge in [0.2, 0.25) is 0 Å². The summed E-state index contributed by atoms with van der Waals surface area (Å²) in [7, 11) is -1.41. The fourth-order valence-corrected chi connectivity index (χ4v) is 10.0. The standard InChI is InChI=1S/C48H35NOS/c1-48(2,3)30-23-25-31(26-24-30)49(32-27-28-39-35-15-5-4-13-33(35)34-14-6-7-18-38(34)43(39)29-32)44-22-12-21-42-45-40-19-10-8-16-36(40)37-17-9-11-20-41(37)47(45)51(50)46(42)44/h4-29H,1-3H3. The van der Waals surface area contributed by atoms with Gasteiger partial charge in [0.1, 0.15) is 0 Å². The van der Waals surface area contributed by atoms with Crippen LogP contribution in [0, 0.1) is 0 Å². The summed E-state index contributed by atoms with van der Waals surface area (Å²) in [6.45, 7) is 6.74. The fourth-order valence-electron chi connectivity index (χ4n) is 8.34. The van der Waals surface area contributed by atoms with Gasteiger partial charge in [-0.25, -0.2) is 4.21 Å². The number of benzene rings is 9. The molecule has 1 heterocycles. The lowest BCUT2D eigenvalue weighted by atomic mass is 9.87. The molecule has 3 heteroatoms. The highest BCUT2D eigenvalue weighted by Gasteiger charge is 2.34. The minimum Gasteiger partial charge on any atom is -0.309 e. The molecule has 2 nitrogen and oxygen atoms in total. The first kappa shape index (κ1) is 30.1. The summed E-state index contributed by atoms with van der Waals surface area (Å²) >= 11 is 0. The van der Waals surface area contributed by atoms with E-state index in [1.54, 1.807) is 0 Å². The molecule has 0 N–H and O–H groups in total. The Morgan fingerprint density at radius 3 is 1.49 bits per heavy atom. The van der Waals surface area contributed by atoms with Crippen LogP contribution in [0.25, 0.3) is 65.0 Å². The molecule has 0 saturated carbocycles. The first-order chi connectivity index (χ1) is 24.9. The Balaban J connectivity index is 1.27. The maximum atomic E-state index is 15.1. The van der Waals surface area contributed by atoms with Crippen LogP contribution in [0.3, 0.4) is 0 Å². The molecule has 1 atom stereocenters. The first-order valence-corrected chi connectivity index (χ1v) is 18.8. The molecule has 0 spiro atoms. The van der Waals surface area contributed by atoms with E-state index in [1.165, 1.54) is 43.3 Å². The van der Waals surface area contributed by atoms with Gasteiger partial charge < -0.3 is 4.90 Å². The third-order valence-corrected chi connectivity index (χ3v) is 12.3. The second-order valence-corrected chi connectivity index (χ2v) is 16.0. The molecule has 0 fully saturated rings. The van der Waals surface area contributed by atoms with Gasteiger partial charge in [0.25, 0.3) is 0 Å². The van der Waals surface area contributed by atoms with Crippen molar-refractivity contribution in [2.75, 3.05) is 4.90 Å². The number of hydrogen-bond donors (Lipinski definition) is 0. The van der Waals surface area contributed by atoms with E-state index in [9.17, 15) is 0 Å². The first-order valence-electron chi connectivity index (χ1n) is 17.6. The maximum Gasteiger partial charge on any atom is 0.0890 e. The summed E-state index contributed by atoms with van der Waals surface area (Å²) in [5.41, 5.74) is 6.41. The van der Waals surface area contributed by atoms with Gasteiger partial charge in [-0.2, -0.15) is 0 Å². The van der Waals surface area contributed by atoms with E-state index in [0.717, 1.165) is 54.1 Å². The molecule has 51 heavy (non-hydrogen) atoms. The Hall–Kier alpha value is -5.77. The normalized spacial score (nSPS) is 14.1. The summed E-state index contributed by atoms with van der Waals surface area (Å²) in [6, 6.07) is 56.6. The largest absolute Gasteiger partial charge is 0.309 e. The summed E-state index contributed by atoms with van der Waals surface area (Å²) in [6.07, 6.45) is 0. The van der Waals surface area contributed by atoms with Gasteiger partial charge in [0.05, 0.1) is 26.3 Å². The van der Waals surface area contributed by atoms with E-state index in [2.05, 4.69) is 183 Å². The van der Waals surface area contributed by atoms with Gasteiger partial charge in [-0.15, -0.1) is 0 Å². The van der Waals surface area contributed by atoms with Crippen LogP contribution in [0.4, 0.5) is 17.1 Å². The molecule has 1 unspecified atom stereocenters. The van der Waals surface area contributed by atoms with Crippen molar-refractivity contribution in [3.05, 3.63) is 163 Å². The van der Waals surface area contributed by atoms with Crippen molar-refractivity contribution in [1.82, 2.24) is 0 Å². The third-order valence-electron chi connectivity index (χ3n) is 10.7. The zero-order valence-corrected chi connectivity index (χ0v) is 29.6. The number of hydrogen-bond acceptors (Lipinski definition) is 2. The second kappa shape index (κ2) is 11.1. The van der Waals surface area contributed by atoms with Gasteiger partial charge >= 0.3 is 0 Å².